The molecule has 0 unspecified atom stereocenters. The van der Waals surface area contributed by atoms with E-state index in [1.165, 1.54) is 0 Å². The van der Waals surface area contributed by atoms with Gasteiger partial charge in [-0.2, -0.15) is 0 Å². The Labute approximate surface area is 272 Å². The predicted molar refractivity (Wildman–Crippen MR) is 165 cm³/mol. The number of aliphatic hydroxyl groups excluding tert-OH is 2. The molecule has 0 aliphatic carbocycles. The molecular formula is C28H50N8O11. The van der Waals surface area contributed by atoms with E-state index in [2.05, 4.69) is 21.3 Å². The lowest BCUT2D eigenvalue weighted by Gasteiger charge is -2.30. The highest BCUT2D eigenvalue weighted by molar-refractivity contribution is 5.96. The van der Waals surface area contributed by atoms with Crippen molar-refractivity contribution in [1.82, 2.24) is 26.2 Å². The summed E-state index contributed by atoms with van der Waals surface area (Å²) < 4.78 is 0. The van der Waals surface area contributed by atoms with Gasteiger partial charge in [0, 0.05) is 13.0 Å². The van der Waals surface area contributed by atoms with Gasteiger partial charge in [-0.25, -0.2) is 4.79 Å². The van der Waals surface area contributed by atoms with Gasteiger partial charge in [-0.15, -0.1) is 0 Å². The second-order valence-electron chi connectivity index (χ2n) is 11.2. The van der Waals surface area contributed by atoms with Crippen molar-refractivity contribution in [3.8, 4) is 0 Å². The molecule has 1 saturated heterocycles. The van der Waals surface area contributed by atoms with Gasteiger partial charge in [-0.3, -0.25) is 28.8 Å². The van der Waals surface area contributed by atoms with Gasteiger partial charge in [0.25, 0.3) is 0 Å². The van der Waals surface area contributed by atoms with Gasteiger partial charge in [0.2, 0.25) is 29.5 Å². The molecule has 14 N–H and O–H groups in total. The predicted octanol–water partition coefficient (Wildman–Crippen LogP) is -4.56. The number of carbonyl (C=O) groups excluding carboxylic acids is 5. The summed E-state index contributed by atoms with van der Waals surface area (Å²) >= 11 is 0. The number of aliphatic carboxylic acids is 2. The number of amides is 5. The summed E-state index contributed by atoms with van der Waals surface area (Å²) in [5.41, 5.74) is 16.7. The van der Waals surface area contributed by atoms with Crippen LogP contribution in [-0.2, 0) is 33.6 Å². The van der Waals surface area contributed by atoms with E-state index < -0.39 is 104 Å². The van der Waals surface area contributed by atoms with Crippen LogP contribution in [0.15, 0.2) is 0 Å². The van der Waals surface area contributed by atoms with Crippen molar-refractivity contribution >= 4 is 41.5 Å². The number of nitrogens with two attached hydrogens (primary N) is 3. The molecule has 19 nitrogen and oxygen atoms in total. The van der Waals surface area contributed by atoms with Crippen LogP contribution in [0.5, 0.6) is 0 Å². The SMILES string of the molecule is NCCCC[C@H](NC(=O)[C@H](CO)NC(=O)[C@H](CCC(=O)O)NC(=O)[C@@H]1CCCN1C(=O)[C@H](CO)NC(=O)[C@@H](N)CCCCN)C(=O)O. The maximum absolute atomic E-state index is 13.3. The Hall–Kier alpha value is -3.91. The molecule has 0 bridgehead atoms. The largest absolute Gasteiger partial charge is 0.481 e. The first-order chi connectivity index (χ1) is 22.3. The number of likely N-dealkylation sites (tertiary alicyclic amines) is 1. The van der Waals surface area contributed by atoms with Gasteiger partial charge < -0.3 is 63.8 Å². The maximum Gasteiger partial charge on any atom is 0.326 e. The van der Waals surface area contributed by atoms with Crippen LogP contribution in [-0.4, -0.2) is 136 Å². The van der Waals surface area contributed by atoms with Crippen molar-refractivity contribution in [2.75, 3.05) is 32.8 Å². The van der Waals surface area contributed by atoms with E-state index in [1.807, 2.05) is 0 Å². The topological polar surface area (TPSA) is 330 Å². The van der Waals surface area contributed by atoms with Crippen molar-refractivity contribution in [2.45, 2.75) is 100 Å². The van der Waals surface area contributed by atoms with E-state index in [4.69, 9.17) is 17.2 Å². The Morgan fingerprint density at radius 3 is 1.81 bits per heavy atom. The minimum Gasteiger partial charge on any atom is -0.481 e. The van der Waals surface area contributed by atoms with Gasteiger partial charge in [0.1, 0.15) is 30.2 Å². The van der Waals surface area contributed by atoms with Crippen molar-refractivity contribution in [3.63, 3.8) is 0 Å². The normalized spacial score (nSPS) is 17.5. The third-order valence-corrected chi connectivity index (χ3v) is 7.60. The number of nitrogens with zero attached hydrogens (tertiary/aromatic N) is 1. The summed E-state index contributed by atoms with van der Waals surface area (Å²) in [6.45, 7) is -0.906. The first kappa shape index (κ1) is 41.1. The van der Waals surface area contributed by atoms with E-state index in [0.717, 1.165) is 4.90 Å². The molecular weight excluding hydrogens is 624 g/mol. The third kappa shape index (κ3) is 14.2. The second kappa shape index (κ2) is 21.8. The lowest BCUT2D eigenvalue weighted by Crippen LogP contribution is -2.59. The van der Waals surface area contributed by atoms with E-state index >= 15 is 0 Å². The highest BCUT2D eigenvalue weighted by Gasteiger charge is 2.39. The van der Waals surface area contributed by atoms with Gasteiger partial charge in [0.05, 0.1) is 19.3 Å². The second-order valence-corrected chi connectivity index (χ2v) is 11.2. The highest BCUT2D eigenvalue weighted by atomic mass is 16.4. The lowest BCUT2D eigenvalue weighted by molar-refractivity contribution is -0.143. The summed E-state index contributed by atoms with van der Waals surface area (Å²) in [6.07, 6.45) is 1.98. The molecule has 0 aromatic carbocycles. The Kier molecular flexibility index (Phi) is 19.1. The molecule has 0 spiro atoms. The van der Waals surface area contributed by atoms with Gasteiger partial charge in [-0.05, 0) is 64.5 Å². The summed E-state index contributed by atoms with van der Waals surface area (Å²) in [5, 5.41) is 47.4. The Morgan fingerprint density at radius 1 is 0.702 bits per heavy atom. The number of carbonyl (C=O) groups is 7. The van der Waals surface area contributed by atoms with Crippen LogP contribution in [0.25, 0.3) is 0 Å². The zero-order chi connectivity index (χ0) is 35.5. The van der Waals surface area contributed by atoms with Gasteiger partial charge in [-0.1, -0.05) is 6.42 Å². The molecule has 268 valence electrons. The number of rotatable bonds is 23. The standard InChI is InChI=1S/C28H50N8O11/c29-11-3-1-6-16(31)23(41)35-20(15-38)27(45)36-13-5-8-21(36)26(44)32-17(9-10-22(39)40)24(42)34-19(14-37)25(43)33-18(28(46)47)7-2-4-12-30/h16-21,37-38H,1-15,29-31H2,(H,32,44)(H,33,43)(H,34,42)(H,35,41)(H,39,40)(H,46,47)/t16-,17-,18-,19-,20-,21-/m0/s1. The fraction of sp³-hybridized carbons (Fsp3) is 0.750. The van der Waals surface area contributed by atoms with Crippen LogP contribution in [0.4, 0.5) is 0 Å². The molecule has 47 heavy (non-hydrogen) atoms. The van der Waals surface area contributed by atoms with Crippen molar-refractivity contribution in [2.24, 2.45) is 17.2 Å². The van der Waals surface area contributed by atoms with Crippen molar-refractivity contribution in [1.29, 1.82) is 0 Å². The average molecular weight is 675 g/mol. The number of nitrogens with one attached hydrogen (secondary N) is 4. The van der Waals surface area contributed by atoms with Crippen molar-refractivity contribution < 1.29 is 54.0 Å². The Balaban J connectivity index is 3.00. The molecule has 1 fully saturated rings. The zero-order valence-electron chi connectivity index (χ0n) is 26.4. The average Bonchev–Trinajstić information content (AvgIpc) is 3.53. The number of unbranched alkanes of at least 4 members (excludes halogenated alkanes) is 2. The number of carboxylic acid groups (broad SMARTS) is 2. The van der Waals surface area contributed by atoms with Crippen LogP contribution in [0.1, 0.15) is 64.2 Å². The minimum atomic E-state index is -1.64. The fourth-order valence-electron chi connectivity index (χ4n) is 4.90. The first-order valence-corrected chi connectivity index (χ1v) is 15.6. The summed E-state index contributed by atoms with van der Waals surface area (Å²) in [4.78, 5) is 88.9. The molecule has 1 aliphatic rings. The third-order valence-electron chi connectivity index (χ3n) is 7.60. The molecule has 5 amide bonds. The zero-order valence-corrected chi connectivity index (χ0v) is 26.4. The summed E-state index contributed by atoms with van der Waals surface area (Å²) in [6, 6.07) is -8.00. The van der Waals surface area contributed by atoms with E-state index in [1.54, 1.807) is 0 Å². The summed E-state index contributed by atoms with van der Waals surface area (Å²) in [5.74, 6) is -6.97. The maximum atomic E-state index is 13.3. The number of carboxylic acids is 2. The number of hydrogen-bond donors (Lipinski definition) is 11. The fourth-order valence-corrected chi connectivity index (χ4v) is 4.90. The minimum absolute atomic E-state index is 0.0423. The molecule has 1 heterocycles. The molecule has 1 rings (SSSR count). The number of aliphatic hydroxyl groups is 2. The lowest BCUT2D eigenvalue weighted by atomic mass is 10.1. The van der Waals surface area contributed by atoms with E-state index in [0.29, 0.717) is 51.6 Å². The van der Waals surface area contributed by atoms with Crippen LogP contribution >= 0.6 is 0 Å². The monoisotopic (exact) mass is 674 g/mol. The van der Waals surface area contributed by atoms with Crippen LogP contribution in [0.2, 0.25) is 0 Å². The molecule has 6 atom stereocenters. The molecule has 1 aliphatic heterocycles. The van der Waals surface area contributed by atoms with Crippen LogP contribution < -0.4 is 38.5 Å². The van der Waals surface area contributed by atoms with Gasteiger partial charge in [0.15, 0.2) is 0 Å². The molecule has 0 aromatic heterocycles. The Bertz CT molecular complexity index is 1080. The van der Waals surface area contributed by atoms with Crippen LogP contribution in [0.3, 0.4) is 0 Å². The van der Waals surface area contributed by atoms with E-state index in [-0.39, 0.29) is 19.4 Å². The Morgan fingerprint density at radius 2 is 1.26 bits per heavy atom. The van der Waals surface area contributed by atoms with Gasteiger partial charge >= 0.3 is 11.9 Å². The molecule has 0 aromatic rings. The number of hydrogen-bond acceptors (Lipinski definition) is 12. The first-order valence-electron chi connectivity index (χ1n) is 15.6. The molecule has 0 radical (unpaired) electrons. The van der Waals surface area contributed by atoms with Crippen LogP contribution in [0, 0.1) is 0 Å². The molecule has 0 saturated carbocycles. The molecule has 19 heteroatoms. The quantitative estimate of drug-likeness (QED) is 0.0455. The highest BCUT2D eigenvalue weighted by Crippen LogP contribution is 2.19. The summed E-state index contributed by atoms with van der Waals surface area (Å²) in [7, 11) is 0. The van der Waals surface area contributed by atoms with E-state index in [9.17, 15) is 54.0 Å². The smallest absolute Gasteiger partial charge is 0.326 e. The van der Waals surface area contributed by atoms with Crippen molar-refractivity contribution in [3.05, 3.63) is 0 Å².